The van der Waals surface area contributed by atoms with Crippen LogP contribution in [0, 0.1) is 17.2 Å². The molecule has 96 valence electrons. The van der Waals surface area contributed by atoms with Crippen molar-refractivity contribution in [2.24, 2.45) is 5.92 Å². The van der Waals surface area contributed by atoms with E-state index in [1.807, 2.05) is 13.8 Å². The number of nitrogens with zero attached hydrogens (tertiary/aromatic N) is 1. The van der Waals surface area contributed by atoms with Gasteiger partial charge in [0.05, 0.1) is 13.2 Å². The lowest BCUT2D eigenvalue weighted by Crippen LogP contribution is -2.20. The smallest absolute Gasteiger partial charge is 0.157 e. The van der Waals surface area contributed by atoms with Gasteiger partial charge in [-0.3, -0.25) is 4.79 Å². The van der Waals surface area contributed by atoms with E-state index < -0.39 is 5.92 Å². The van der Waals surface area contributed by atoms with Crippen LogP contribution in [0.2, 0.25) is 0 Å². The molecular formula is C15H19NO2. The van der Waals surface area contributed by atoms with Crippen molar-refractivity contribution in [3.05, 3.63) is 29.8 Å². The number of carbonyl (C=O) groups is 1. The number of hydrogen-bond donors (Lipinski definition) is 0. The van der Waals surface area contributed by atoms with E-state index in [0.29, 0.717) is 11.3 Å². The molecule has 1 atom stereocenters. The average Bonchev–Trinajstić information content (AvgIpc) is 2.41. The van der Waals surface area contributed by atoms with Gasteiger partial charge in [-0.1, -0.05) is 26.0 Å². The first-order valence-electron chi connectivity index (χ1n) is 6.25. The molecule has 0 aromatic heterocycles. The molecule has 0 radical (unpaired) electrons. The largest absolute Gasteiger partial charge is 0.497 e. The fourth-order valence-electron chi connectivity index (χ4n) is 2.05. The van der Waals surface area contributed by atoms with Crippen LogP contribution in [0.15, 0.2) is 24.3 Å². The monoisotopic (exact) mass is 245 g/mol. The minimum Gasteiger partial charge on any atom is -0.497 e. The van der Waals surface area contributed by atoms with E-state index in [1.54, 1.807) is 31.4 Å². The van der Waals surface area contributed by atoms with Gasteiger partial charge >= 0.3 is 0 Å². The number of hydrogen-bond acceptors (Lipinski definition) is 3. The zero-order valence-corrected chi connectivity index (χ0v) is 11.1. The molecule has 0 heterocycles. The molecule has 18 heavy (non-hydrogen) atoms. The van der Waals surface area contributed by atoms with Crippen molar-refractivity contribution in [2.75, 3.05) is 7.11 Å². The summed E-state index contributed by atoms with van der Waals surface area (Å²) >= 11 is 0. The summed E-state index contributed by atoms with van der Waals surface area (Å²) in [5.74, 6) is -0.0494. The molecule has 0 aliphatic heterocycles. The summed E-state index contributed by atoms with van der Waals surface area (Å²) in [6.07, 6.45) is 1.55. The number of carbonyl (C=O) groups excluding carboxylic acids is 1. The van der Waals surface area contributed by atoms with Crippen molar-refractivity contribution in [3.8, 4) is 11.8 Å². The molecule has 1 aromatic rings. The van der Waals surface area contributed by atoms with Gasteiger partial charge in [-0.15, -0.1) is 0 Å². The van der Waals surface area contributed by atoms with Gasteiger partial charge in [0, 0.05) is 5.92 Å². The lowest BCUT2D eigenvalue weighted by atomic mass is 9.85. The van der Waals surface area contributed by atoms with Gasteiger partial charge in [-0.2, -0.15) is 5.26 Å². The number of nitriles is 1. The van der Waals surface area contributed by atoms with Gasteiger partial charge in [-0.25, -0.2) is 0 Å². The molecule has 1 aromatic carbocycles. The normalized spacial score (nSPS) is 11.9. The second-order valence-electron chi connectivity index (χ2n) is 4.25. The third-order valence-corrected chi connectivity index (χ3v) is 3.23. The number of ketones is 1. The molecule has 3 heteroatoms. The highest BCUT2D eigenvalue weighted by Gasteiger charge is 2.26. The summed E-state index contributed by atoms with van der Waals surface area (Å²) in [4.78, 5) is 12.3. The number of ether oxygens (including phenoxy) is 1. The Morgan fingerprint density at radius 3 is 2.56 bits per heavy atom. The fraction of sp³-hybridized carbons (Fsp3) is 0.467. The molecule has 0 aliphatic rings. The lowest BCUT2D eigenvalue weighted by molar-refractivity contribution is -0.123. The molecule has 1 rings (SSSR count). The summed E-state index contributed by atoms with van der Waals surface area (Å²) in [5.41, 5.74) is 0.716. The Kier molecular flexibility index (Phi) is 5.38. The molecule has 0 amide bonds. The van der Waals surface area contributed by atoms with Crippen LogP contribution in [-0.4, -0.2) is 12.9 Å². The third kappa shape index (κ3) is 3.10. The highest BCUT2D eigenvalue weighted by molar-refractivity contribution is 5.90. The maximum absolute atomic E-state index is 12.3. The van der Waals surface area contributed by atoms with Gasteiger partial charge in [-0.05, 0) is 30.5 Å². The van der Waals surface area contributed by atoms with Gasteiger partial charge in [0.1, 0.15) is 11.7 Å². The van der Waals surface area contributed by atoms with Crippen molar-refractivity contribution in [2.45, 2.75) is 32.6 Å². The molecule has 0 N–H and O–H groups in total. The topological polar surface area (TPSA) is 50.1 Å². The Balaban J connectivity index is 3.02. The molecule has 3 nitrogen and oxygen atoms in total. The first-order chi connectivity index (χ1) is 8.67. The van der Waals surface area contributed by atoms with E-state index in [2.05, 4.69) is 6.07 Å². The van der Waals surface area contributed by atoms with Crippen molar-refractivity contribution in [3.63, 3.8) is 0 Å². The van der Waals surface area contributed by atoms with E-state index in [-0.39, 0.29) is 11.7 Å². The number of benzene rings is 1. The Hall–Kier alpha value is -1.82. The van der Waals surface area contributed by atoms with Gasteiger partial charge < -0.3 is 4.74 Å². The summed E-state index contributed by atoms with van der Waals surface area (Å²) in [7, 11) is 1.57. The van der Waals surface area contributed by atoms with Crippen molar-refractivity contribution in [1.29, 1.82) is 5.26 Å². The molecule has 0 fully saturated rings. The minimum absolute atomic E-state index is 0.00996. The Morgan fingerprint density at radius 2 is 2.06 bits per heavy atom. The van der Waals surface area contributed by atoms with Crippen LogP contribution in [0.25, 0.3) is 0 Å². The second kappa shape index (κ2) is 6.80. The summed E-state index contributed by atoms with van der Waals surface area (Å²) in [6, 6.07) is 9.28. The van der Waals surface area contributed by atoms with Crippen molar-refractivity contribution >= 4 is 5.78 Å². The van der Waals surface area contributed by atoms with Gasteiger partial charge in [0.15, 0.2) is 5.78 Å². The molecule has 0 spiro atoms. The number of Topliss-reactive ketones (excluding diaryl/α,β-unsaturated/α-hetero) is 1. The molecule has 0 aliphatic carbocycles. The molecule has 0 saturated heterocycles. The maximum atomic E-state index is 12.3. The standard InChI is InChI=1S/C15H19NO2/c1-4-11(5-2)15(17)14(10-16)12-7-6-8-13(9-12)18-3/h6-9,11,14H,4-5H2,1-3H3. The first kappa shape index (κ1) is 14.2. The van der Waals surface area contributed by atoms with Crippen LogP contribution in [0.4, 0.5) is 0 Å². The second-order valence-corrected chi connectivity index (χ2v) is 4.25. The number of methoxy groups -OCH3 is 1. The van der Waals surface area contributed by atoms with E-state index >= 15 is 0 Å². The van der Waals surface area contributed by atoms with Gasteiger partial charge in [0.2, 0.25) is 0 Å². The van der Waals surface area contributed by atoms with E-state index in [9.17, 15) is 10.1 Å². The zero-order chi connectivity index (χ0) is 13.5. The average molecular weight is 245 g/mol. The highest BCUT2D eigenvalue weighted by atomic mass is 16.5. The van der Waals surface area contributed by atoms with Crippen molar-refractivity contribution in [1.82, 2.24) is 0 Å². The fourth-order valence-corrected chi connectivity index (χ4v) is 2.05. The Morgan fingerprint density at radius 1 is 1.39 bits per heavy atom. The van der Waals surface area contributed by atoms with Gasteiger partial charge in [0.25, 0.3) is 0 Å². The lowest BCUT2D eigenvalue weighted by Gasteiger charge is -2.16. The summed E-state index contributed by atoms with van der Waals surface area (Å²) in [6.45, 7) is 3.96. The predicted molar refractivity (Wildman–Crippen MR) is 70.4 cm³/mol. The minimum atomic E-state index is -0.690. The molecular weight excluding hydrogens is 226 g/mol. The highest BCUT2D eigenvalue weighted by Crippen LogP contribution is 2.25. The third-order valence-electron chi connectivity index (χ3n) is 3.23. The number of rotatable bonds is 6. The Labute approximate surface area is 108 Å². The molecule has 0 bridgehead atoms. The van der Waals surface area contributed by atoms with Crippen molar-refractivity contribution < 1.29 is 9.53 Å². The molecule has 0 saturated carbocycles. The van der Waals surface area contributed by atoms with Crippen LogP contribution < -0.4 is 4.74 Å². The summed E-state index contributed by atoms with van der Waals surface area (Å²) in [5, 5.41) is 9.24. The van der Waals surface area contributed by atoms with E-state index in [1.165, 1.54) is 0 Å². The van der Waals surface area contributed by atoms with Crippen LogP contribution in [0.5, 0.6) is 5.75 Å². The molecule has 1 unspecified atom stereocenters. The first-order valence-corrected chi connectivity index (χ1v) is 6.25. The van der Waals surface area contributed by atoms with E-state index in [0.717, 1.165) is 12.8 Å². The SMILES string of the molecule is CCC(CC)C(=O)C(C#N)c1cccc(OC)c1. The Bertz CT molecular complexity index is 444. The van der Waals surface area contributed by atoms with Crippen LogP contribution in [-0.2, 0) is 4.79 Å². The predicted octanol–water partition coefficient (Wildman–Crippen LogP) is 3.31. The van der Waals surface area contributed by atoms with Crippen LogP contribution in [0.1, 0.15) is 38.2 Å². The van der Waals surface area contributed by atoms with Crippen LogP contribution >= 0.6 is 0 Å². The summed E-state index contributed by atoms with van der Waals surface area (Å²) < 4.78 is 5.12. The van der Waals surface area contributed by atoms with E-state index in [4.69, 9.17) is 4.74 Å². The quantitative estimate of drug-likeness (QED) is 0.772. The van der Waals surface area contributed by atoms with Crippen LogP contribution in [0.3, 0.4) is 0 Å². The maximum Gasteiger partial charge on any atom is 0.157 e. The zero-order valence-electron chi connectivity index (χ0n) is 11.1.